The zero-order valence-electron chi connectivity index (χ0n) is 20.6. The zero-order valence-corrected chi connectivity index (χ0v) is 20.6. The predicted molar refractivity (Wildman–Crippen MR) is 128 cm³/mol. The summed E-state index contributed by atoms with van der Waals surface area (Å²) in [6.45, 7) is 7.84. The second kappa shape index (κ2) is 8.02. The summed E-state index contributed by atoms with van der Waals surface area (Å²) in [5, 5.41) is 26.0. The number of nitrogens with zero attached hydrogens (tertiary/aromatic N) is 5. The first-order valence-corrected chi connectivity index (χ1v) is 12.4. The number of aromatic carboxylic acids is 1. The van der Waals surface area contributed by atoms with Crippen LogP contribution in [0, 0.1) is 11.8 Å². The number of carboxylic acid groups (broad SMARTS) is 1. The summed E-state index contributed by atoms with van der Waals surface area (Å²) >= 11 is 0. The van der Waals surface area contributed by atoms with Gasteiger partial charge in [0.15, 0.2) is 0 Å². The molecule has 3 fully saturated rings. The molecule has 2 saturated heterocycles. The van der Waals surface area contributed by atoms with Crippen LogP contribution in [0.3, 0.4) is 0 Å². The Balaban J connectivity index is 1.41. The quantitative estimate of drug-likeness (QED) is 0.565. The number of rotatable bonds is 4. The molecule has 1 amide bonds. The van der Waals surface area contributed by atoms with E-state index >= 15 is 0 Å². The number of fused-ring (bicyclic) bond motifs is 2. The van der Waals surface area contributed by atoms with Gasteiger partial charge in [0.2, 0.25) is 5.82 Å². The number of ether oxygens (including phenoxy) is 2. The summed E-state index contributed by atoms with van der Waals surface area (Å²) in [7, 11) is 0. The first-order valence-electron chi connectivity index (χ1n) is 12.4. The van der Waals surface area contributed by atoms with E-state index in [1.165, 1.54) is 5.56 Å². The molecule has 0 bridgehead atoms. The van der Waals surface area contributed by atoms with Crippen LogP contribution in [0.2, 0.25) is 0 Å². The molecule has 2 N–H and O–H groups in total. The number of aromatic nitrogens is 5. The molecular weight excluding hydrogens is 464 g/mol. The van der Waals surface area contributed by atoms with Crippen molar-refractivity contribution in [1.82, 2.24) is 30.1 Å². The van der Waals surface area contributed by atoms with E-state index in [-0.39, 0.29) is 23.6 Å². The first kappa shape index (κ1) is 23.0. The van der Waals surface area contributed by atoms with Gasteiger partial charge in [-0.1, -0.05) is 11.3 Å². The molecule has 6 rings (SSSR count). The molecule has 190 valence electrons. The minimum atomic E-state index is -1.02. The third kappa shape index (κ3) is 3.47. The Kier molecular flexibility index (Phi) is 5.12. The van der Waals surface area contributed by atoms with Crippen LogP contribution in [-0.4, -0.2) is 79.2 Å². The van der Waals surface area contributed by atoms with Crippen molar-refractivity contribution in [2.24, 2.45) is 11.8 Å². The molecule has 1 aliphatic carbocycles. The van der Waals surface area contributed by atoms with Gasteiger partial charge in [0.05, 0.1) is 0 Å². The van der Waals surface area contributed by atoms with Gasteiger partial charge in [-0.3, -0.25) is 0 Å². The number of tetrazole rings is 1. The molecule has 2 aromatic heterocycles. The van der Waals surface area contributed by atoms with Crippen molar-refractivity contribution in [2.45, 2.75) is 50.7 Å². The highest BCUT2D eigenvalue weighted by Crippen LogP contribution is 2.64. The molecule has 3 aromatic rings. The highest BCUT2D eigenvalue weighted by atomic mass is 16.6. The molecule has 11 heteroatoms. The molecular formula is C25H30N6O5. The van der Waals surface area contributed by atoms with Crippen molar-refractivity contribution in [1.29, 1.82) is 0 Å². The SMILES string of the molecule is CC(C)(C)OC(=O)N1C[C@@H]2[C@H](C1)C2(c1nn[nH]n1)n1c(C(=O)O)cc2cc(C3CCOCC3)ccc21. The summed E-state index contributed by atoms with van der Waals surface area (Å²) in [6.07, 6.45) is 1.54. The van der Waals surface area contributed by atoms with Gasteiger partial charge in [0.25, 0.3) is 0 Å². The number of benzene rings is 1. The lowest BCUT2D eigenvalue weighted by Crippen LogP contribution is -2.41. The number of amides is 1. The zero-order chi connectivity index (χ0) is 25.2. The van der Waals surface area contributed by atoms with Gasteiger partial charge < -0.3 is 24.0 Å². The van der Waals surface area contributed by atoms with Gasteiger partial charge in [-0.25, -0.2) is 9.59 Å². The molecule has 11 nitrogen and oxygen atoms in total. The molecule has 3 atom stereocenters. The van der Waals surface area contributed by atoms with Crippen molar-refractivity contribution >= 4 is 23.0 Å². The number of carbonyl (C=O) groups is 2. The Bertz CT molecular complexity index is 1310. The second-order valence-corrected chi connectivity index (χ2v) is 11.0. The molecule has 1 aromatic carbocycles. The van der Waals surface area contributed by atoms with Crippen LogP contribution in [0.25, 0.3) is 10.9 Å². The third-order valence-corrected chi connectivity index (χ3v) is 7.80. The number of carbonyl (C=O) groups excluding carboxylic acids is 1. The number of nitrogens with one attached hydrogen (secondary N) is 1. The number of carboxylic acids is 1. The van der Waals surface area contributed by atoms with E-state index in [1.54, 1.807) is 11.0 Å². The molecule has 36 heavy (non-hydrogen) atoms. The fourth-order valence-corrected chi connectivity index (χ4v) is 6.25. The Morgan fingerprint density at radius 1 is 1.17 bits per heavy atom. The van der Waals surface area contributed by atoms with Crippen molar-refractivity contribution in [3.05, 3.63) is 41.3 Å². The van der Waals surface area contributed by atoms with Gasteiger partial charge in [0, 0.05) is 49.0 Å². The summed E-state index contributed by atoms with van der Waals surface area (Å²) in [5.41, 5.74) is 0.786. The smallest absolute Gasteiger partial charge is 0.410 e. The van der Waals surface area contributed by atoms with Crippen LogP contribution in [0.4, 0.5) is 4.79 Å². The van der Waals surface area contributed by atoms with Gasteiger partial charge in [-0.2, -0.15) is 5.21 Å². The molecule has 4 heterocycles. The van der Waals surface area contributed by atoms with Crippen LogP contribution in [0.5, 0.6) is 0 Å². The van der Waals surface area contributed by atoms with Crippen molar-refractivity contribution in [3.63, 3.8) is 0 Å². The third-order valence-electron chi connectivity index (χ3n) is 7.80. The van der Waals surface area contributed by atoms with Crippen molar-refractivity contribution in [2.75, 3.05) is 26.3 Å². The van der Waals surface area contributed by atoms with Gasteiger partial charge >= 0.3 is 12.1 Å². The maximum atomic E-state index is 12.7. The van der Waals surface area contributed by atoms with E-state index in [0.717, 1.165) is 37.0 Å². The molecule has 3 aliphatic rings. The van der Waals surface area contributed by atoms with Crippen molar-refractivity contribution in [3.8, 4) is 0 Å². The van der Waals surface area contributed by atoms with Crippen molar-refractivity contribution < 1.29 is 24.2 Å². The summed E-state index contributed by atoms with van der Waals surface area (Å²) in [4.78, 5) is 26.9. The predicted octanol–water partition coefficient (Wildman–Crippen LogP) is 2.99. The number of hydrogen-bond donors (Lipinski definition) is 2. The molecule has 2 aliphatic heterocycles. The van der Waals surface area contributed by atoms with E-state index in [4.69, 9.17) is 9.47 Å². The minimum absolute atomic E-state index is 0.0634. The van der Waals surface area contributed by atoms with E-state index in [9.17, 15) is 14.7 Å². The topological polar surface area (TPSA) is 135 Å². The maximum absolute atomic E-state index is 12.7. The first-order chi connectivity index (χ1) is 17.2. The number of piperidine rings is 1. The van der Waals surface area contributed by atoms with Crippen LogP contribution < -0.4 is 0 Å². The lowest BCUT2D eigenvalue weighted by molar-refractivity contribution is 0.0255. The van der Waals surface area contributed by atoms with Crippen LogP contribution >= 0.6 is 0 Å². The Labute approximate surface area is 207 Å². The fourth-order valence-electron chi connectivity index (χ4n) is 6.25. The van der Waals surface area contributed by atoms with E-state index in [1.807, 2.05) is 31.4 Å². The fraction of sp³-hybridized carbons (Fsp3) is 0.560. The highest BCUT2D eigenvalue weighted by molar-refractivity contribution is 5.95. The van der Waals surface area contributed by atoms with Crippen LogP contribution in [0.15, 0.2) is 24.3 Å². The van der Waals surface area contributed by atoms with E-state index < -0.39 is 17.1 Å². The largest absolute Gasteiger partial charge is 0.477 e. The lowest BCUT2D eigenvalue weighted by Gasteiger charge is -2.29. The summed E-state index contributed by atoms with van der Waals surface area (Å²) < 4.78 is 12.9. The van der Waals surface area contributed by atoms with Crippen LogP contribution in [-0.2, 0) is 15.0 Å². The van der Waals surface area contributed by atoms with Crippen LogP contribution in [0.1, 0.15) is 61.4 Å². The Morgan fingerprint density at radius 3 is 2.50 bits per heavy atom. The lowest BCUT2D eigenvalue weighted by atomic mass is 9.91. The normalized spacial score (nSPS) is 26.2. The number of aromatic amines is 1. The maximum Gasteiger partial charge on any atom is 0.410 e. The highest BCUT2D eigenvalue weighted by Gasteiger charge is 2.74. The number of H-pyrrole nitrogens is 1. The van der Waals surface area contributed by atoms with E-state index in [2.05, 4.69) is 32.8 Å². The molecule has 0 spiro atoms. The monoisotopic (exact) mass is 494 g/mol. The number of likely N-dealkylation sites (tertiary alicyclic amines) is 1. The average molecular weight is 495 g/mol. The Morgan fingerprint density at radius 2 is 1.89 bits per heavy atom. The van der Waals surface area contributed by atoms with Gasteiger partial charge in [-0.15, -0.1) is 10.2 Å². The number of hydrogen-bond acceptors (Lipinski definition) is 7. The molecule has 0 radical (unpaired) electrons. The summed E-state index contributed by atoms with van der Waals surface area (Å²) in [6, 6.07) is 7.94. The molecule has 1 unspecified atom stereocenters. The minimum Gasteiger partial charge on any atom is -0.477 e. The standard InChI is InChI=1S/C25H30N6O5/c1-24(2,3)36-23(34)30-12-17-18(13-30)25(17,22-26-28-29-27-22)31-19-5-4-15(14-6-8-35-9-7-14)10-16(19)11-20(31)21(32)33/h4-5,10-11,14,17-18H,6-9,12-13H2,1-3H3,(H,32,33)(H,26,27,28,29)/t17-,18+,25?. The summed E-state index contributed by atoms with van der Waals surface area (Å²) in [5.74, 6) is -0.308. The van der Waals surface area contributed by atoms with Gasteiger partial charge in [0.1, 0.15) is 16.8 Å². The van der Waals surface area contributed by atoms with Gasteiger partial charge in [-0.05, 0) is 63.3 Å². The second-order valence-electron chi connectivity index (χ2n) is 11.0. The Hall–Kier alpha value is -3.47. The molecule has 1 saturated carbocycles. The van der Waals surface area contributed by atoms with E-state index in [0.29, 0.717) is 24.8 Å². The average Bonchev–Trinajstić information content (AvgIpc) is 3.38.